The molecule has 3 heterocycles. The number of nitrogen functional groups attached to an aromatic ring is 1. The molecule has 0 aliphatic carbocycles. The van der Waals surface area contributed by atoms with Gasteiger partial charge in [-0.1, -0.05) is 19.9 Å². The molecule has 1 amide bonds. The van der Waals surface area contributed by atoms with E-state index in [9.17, 15) is 17.6 Å². The fourth-order valence-corrected chi connectivity index (χ4v) is 6.68. The van der Waals surface area contributed by atoms with E-state index in [2.05, 4.69) is 32.4 Å². The van der Waals surface area contributed by atoms with Crippen LogP contribution in [-0.4, -0.2) is 73.5 Å². The lowest BCUT2D eigenvalue weighted by Crippen LogP contribution is -2.45. The van der Waals surface area contributed by atoms with Crippen molar-refractivity contribution in [3.05, 3.63) is 65.1 Å². The zero-order chi connectivity index (χ0) is 27.2. The van der Waals surface area contributed by atoms with Crippen LogP contribution in [0.3, 0.4) is 0 Å². The summed E-state index contributed by atoms with van der Waals surface area (Å²) in [6.45, 7) is 7.58. The minimum Gasteiger partial charge on any atom is -0.398 e. The SMILES string of the molecule is CN1CCN(c2ccc(C(=O)Nc3n[nH]c4c3CN(S(=O)(=O)c3cccc(F)c3)CC4(C)C)c(N)c2)CC1. The molecular weight excluding hydrogens is 509 g/mol. The molecule has 202 valence electrons. The molecule has 2 aliphatic rings. The molecule has 0 radical (unpaired) electrons. The number of hydrogen-bond acceptors (Lipinski definition) is 7. The van der Waals surface area contributed by atoms with Crippen LogP contribution < -0.4 is 16.0 Å². The number of anilines is 3. The van der Waals surface area contributed by atoms with Gasteiger partial charge in [0.2, 0.25) is 10.0 Å². The number of sulfonamides is 1. The summed E-state index contributed by atoms with van der Waals surface area (Å²) >= 11 is 0. The Morgan fingerprint density at radius 2 is 1.87 bits per heavy atom. The highest BCUT2D eigenvalue weighted by molar-refractivity contribution is 7.89. The van der Waals surface area contributed by atoms with Crippen molar-refractivity contribution in [1.82, 2.24) is 19.4 Å². The maximum absolute atomic E-state index is 13.8. The Bertz CT molecular complexity index is 1480. The van der Waals surface area contributed by atoms with Crippen molar-refractivity contribution < 1.29 is 17.6 Å². The lowest BCUT2D eigenvalue weighted by atomic mass is 9.84. The molecule has 3 aromatic rings. The average molecular weight is 542 g/mol. The topological polar surface area (TPSA) is 128 Å². The number of nitrogens with two attached hydrogens (primary N) is 1. The minimum absolute atomic E-state index is 0.0262. The number of H-pyrrole nitrogens is 1. The van der Waals surface area contributed by atoms with Crippen molar-refractivity contribution in [2.75, 3.05) is 55.7 Å². The smallest absolute Gasteiger partial charge is 0.258 e. The molecule has 2 aromatic carbocycles. The van der Waals surface area contributed by atoms with Crippen molar-refractivity contribution in [2.24, 2.45) is 0 Å². The van der Waals surface area contributed by atoms with Gasteiger partial charge in [0.1, 0.15) is 5.82 Å². The van der Waals surface area contributed by atoms with Gasteiger partial charge in [-0.05, 0) is 43.4 Å². The number of carbonyl (C=O) groups excluding carboxylic acids is 1. The molecule has 2 aliphatic heterocycles. The van der Waals surface area contributed by atoms with Crippen molar-refractivity contribution in [3.8, 4) is 0 Å². The van der Waals surface area contributed by atoms with E-state index in [1.165, 1.54) is 22.5 Å². The first-order valence-electron chi connectivity index (χ1n) is 12.4. The number of rotatable bonds is 5. The Morgan fingerprint density at radius 1 is 1.13 bits per heavy atom. The van der Waals surface area contributed by atoms with Crippen molar-refractivity contribution in [1.29, 1.82) is 0 Å². The number of fused-ring (bicyclic) bond motifs is 1. The third-order valence-corrected chi connectivity index (χ3v) is 9.05. The molecule has 1 saturated heterocycles. The van der Waals surface area contributed by atoms with Crippen LogP contribution in [0, 0.1) is 5.82 Å². The van der Waals surface area contributed by atoms with Crippen LogP contribution in [-0.2, 0) is 22.0 Å². The van der Waals surface area contributed by atoms with Gasteiger partial charge in [0.05, 0.1) is 10.5 Å². The number of aromatic amines is 1. The highest BCUT2D eigenvalue weighted by Crippen LogP contribution is 2.38. The van der Waals surface area contributed by atoms with Crippen molar-refractivity contribution in [2.45, 2.75) is 30.7 Å². The van der Waals surface area contributed by atoms with Gasteiger partial charge in [-0.15, -0.1) is 0 Å². The number of nitrogens with zero attached hydrogens (tertiary/aromatic N) is 4. The van der Waals surface area contributed by atoms with Gasteiger partial charge in [0.15, 0.2) is 5.82 Å². The molecule has 10 nitrogen and oxygen atoms in total. The van der Waals surface area contributed by atoms with E-state index in [-0.39, 0.29) is 23.8 Å². The van der Waals surface area contributed by atoms with Gasteiger partial charge >= 0.3 is 0 Å². The first-order valence-corrected chi connectivity index (χ1v) is 13.9. The summed E-state index contributed by atoms with van der Waals surface area (Å²) in [5.41, 5.74) is 8.55. The van der Waals surface area contributed by atoms with Crippen molar-refractivity contribution in [3.63, 3.8) is 0 Å². The summed E-state index contributed by atoms with van der Waals surface area (Å²) in [4.78, 5) is 17.6. The van der Waals surface area contributed by atoms with Crippen LogP contribution in [0.5, 0.6) is 0 Å². The van der Waals surface area contributed by atoms with Crippen LogP contribution in [0.4, 0.5) is 21.6 Å². The fraction of sp³-hybridized carbons (Fsp3) is 0.385. The highest BCUT2D eigenvalue weighted by atomic mass is 32.2. The Balaban J connectivity index is 1.38. The maximum atomic E-state index is 13.8. The Hall–Kier alpha value is -3.48. The number of likely N-dealkylation sites (N-methyl/N-ethyl adjacent to an activating group) is 1. The second-order valence-corrected chi connectivity index (χ2v) is 12.5. The van der Waals surface area contributed by atoms with Gasteiger partial charge in [-0.2, -0.15) is 9.40 Å². The predicted octanol–water partition coefficient (Wildman–Crippen LogP) is 2.62. The normalized spacial score (nSPS) is 18.3. The standard InChI is InChI=1S/C26H32FN7O3S/c1-26(2)16-34(38(36,37)19-6-4-5-17(27)13-19)15-21-23(26)30-31-24(21)29-25(35)20-8-7-18(14-22(20)28)33-11-9-32(3)10-12-33/h4-8,13-14H,9-12,15-16,28H2,1-3H3,(H2,29,30,31,35). The molecule has 1 aromatic heterocycles. The van der Waals surface area contributed by atoms with Crippen LogP contribution in [0.25, 0.3) is 0 Å². The second-order valence-electron chi connectivity index (χ2n) is 10.6. The fourth-order valence-electron chi connectivity index (χ4n) is 5.07. The number of hydrogen-bond donors (Lipinski definition) is 3. The number of benzene rings is 2. The monoisotopic (exact) mass is 541 g/mol. The number of aromatic nitrogens is 2. The lowest BCUT2D eigenvalue weighted by Gasteiger charge is -2.36. The number of nitrogens with one attached hydrogen (secondary N) is 2. The predicted molar refractivity (Wildman–Crippen MR) is 144 cm³/mol. The van der Waals surface area contributed by atoms with E-state index in [4.69, 9.17) is 5.73 Å². The molecule has 0 bridgehead atoms. The molecule has 12 heteroatoms. The third-order valence-electron chi connectivity index (χ3n) is 7.26. The summed E-state index contributed by atoms with van der Waals surface area (Å²) < 4.78 is 41.8. The van der Waals surface area contributed by atoms with Crippen LogP contribution in [0.15, 0.2) is 47.4 Å². The molecule has 0 spiro atoms. The molecular formula is C26H32FN7O3S. The third kappa shape index (κ3) is 4.86. The molecule has 0 unspecified atom stereocenters. The molecule has 0 atom stereocenters. The first kappa shape index (κ1) is 26.1. The van der Waals surface area contributed by atoms with Gasteiger partial charge in [0, 0.05) is 67.3 Å². The second kappa shape index (κ2) is 9.68. The zero-order valence-electron chi connectivity index (χ0n) is 21.7. The van der Waals surface area contributed by atoms with E-state index in [0.29, 0.717) is 16.8 Å². The quantitative estimate of drug-likeness (QED) is 0.424. The minimum atomic E-state index is -3.99. The Morgan fingerprint density at radius 3 is 2.55 bits per heavy atom. The van der Waals surface area contributed by atoms with E-state index >= 15 is 0 Å². The maximum Gasteiger partial charge on any atom is 0.258 e. The summed E-state index contributed by atoms with van der Waals surface area (Å²) in [6, 6.07) is 10.3. The number of piperazine rings is 1. The van der Waals surface area contributed by atoms with Gasteiger partial charge in [0.25, 0.3) is 5.91 Å². The highest BCUT2D eigenvalue weighted by Gasteiger charge is 2.41. The van der Waals surface area contributed by atoms with Crippen LogP contribution in [0.2, 0.25) is 0 Å². The largest absolute Gasteiger partial charge is 0.398 e. The lowest BCUT2D eigenvalue weighted by molar-refractivity contribution is 0.102. The van der Waals surface area contributed by atoms with Crippen molar-refractivity contribution >= 4 is 33.1 Å². The van der Waals surface area contributed by atoms with Gasteiger partial charge in [-0.3, -0.25) is 9.89 Å². The molecule has 4 N–H and O–H groups in total. The average Bonchev–Trinajstić information content (AvgIpc) is 3.27. The summed E-state index contributed by atoms with van der Waals surface area (Å²) in [7, 11) is -1.90. The number of halogens is 1. The molecule has 5 rings (SSSR count). The van der Waals surface area contributed by atoms with E-state index in [1.807, 2.05) is 19.9 Å². The van der Waals surface area contributed by atoms with Crippen LogP contribution in [0.1, 0.15) is 35.5 Å². The Labute approximate surface area is 221 Å². The van der Waals surface area contributed by atoms with Gasteiger partial charge < -0.3 is 20.9 Å². The first-order chi connectivity index (χ1) is 18.0. The molecule has 38 heavy (non-hydrogen) atoms. The van der Waals surface area contributed by atoms with Gasteiger partial charge in [-0.25, -0.2) is 12.8 Å². The van der Waals surface area contributed by atoms with E-state index in [1.54, 1.807) is 12.1 Å². The van der Waals surface area contributed by atoms with E-state index in [0.717, 1.165) is 43.6 Å². The number of carbonyl (C=O) groups is 1. The molecule has 1 fully saturated rings. The molecule has 0 saturated carbocycles. The summed E-state index contributed by atoms with van der Waals surface area (Å²) in [5.74, 6) is -0.833. The Kier molecular flexibility index (Phi) is 6.66. The number of amides is 1. The zero-order valence-corrected chi connectivity index (χ0v) is 22.5. The van der Waals surface area contributed by atoms with Crippen LogP contribution >= 0.6 is 0 Å². The van der Waals surface area contributed by atoms with E-state index < -0.39 is 27.2 Å². The summed E-state index contributed by atoms with van der Waals surface area (Å²) in [6.07, 6.45) is 0. The summed E-state index contributed by atoms with van der Waals surface area (Å²) in [5, 5.41) is 10.1.